The van der Waals surface area contributed by atoms with E-state index >= 15 is 0 Å². The lowest BCUT2D eigenvalue weighted by Crippen LogP contribution is -2.23. The Bertz CT molecular complexity index is 877. The molecule has 7 nitrogen and oxygen atoms in total. The Balaban J connectivity index is 1.69. The van der Waals surface area contributed by atoms with Gasteiger partial charge in [0.05, 0.1) is 11.5 Å². The summed E-state index contributed by atoms with van der Waals surface area (Å²) >= 11 is 13.0. The summed E-state index contributed by atoms with van der Waals surface area (Å²) in [6.45, 7) is 1.73. The number of aromatic nitrogens is 3. The Kier molecular flexibility index (Phi) is 5.22. The van der Waals surface area contributed by atoms with E-state index in [0.717, 1.165) is 0 Å². The molecule has 0 saturated carbocycles. The first kappa shape index (κ1) is 17.7. The van der Waals surface area contributed by atoms with Gasteiger partial charge in [-0.3, -0.25) is 4.79 Å². The van der Waals surface area contributed by atoms with Crippen LogP contribution in [0.15, 0.2) is 46.2 Å². The largest absolute Gasteiger partial charge is 0.461 e. The summed E-state index contributed by atoms with van der Waals surface area (Å²) in [5, 5.41) is 11.5. The van der Waals surface area contributed by atoms with E-state index in [0.29, 0.717) is 32.5 Å². The Hall–Kier alpha value is -2.16. The summed E-state index contributed by atoms with van der Waals surface area (Å²) in [7, 11) is 0. The van der Waals surface area contributed by atoms with Crippen molar-refractivity contribution in [2.75, 3.05) is 11.2 Å². The fourth-order valence-electron chi connectivity index (χ4n) is 2.01. The molecular weight excluding hydrogens is 385 g/mol. The van der Waals surface area contributed by atoms with Crippen LogP contribution < -0.4 is 11.2 Å². The average Bonchev–Trinajstić information content (AvgIpc) is 3.17. The molecule has 3 rings (SSSR count). The van der Waals surface area contributed by atoms with E-state index in [4.69, 9.17) is 33.5 Å². The van der Waals surface area contributed by atoms with Gasteiger partial charge >= 0.3 is 0 Å². The summed E-state index contributed by atoms with van der Waals surface area (Å²) in [4.78, 5) is 12.4. The maximum absolute atomic E-state index is 12.4. The number of halogens is 2. The van der Waals surface area contributed by atoms with Crippen LogP contribution in [-0.4, -0.2) is 26.0 Å². The maximum atomic E-state index is 12.4. The second-order valence-corrected chi connectivity index (χ2v) is 7.24. The van der Waals surface area contributed by atoms with Crippen LogP contribution in [0.5, 0.6) is 0 Å². The van der Waals surface area contributed by atoms with Gasteiger partial charge in [0.25, 0.3) is 0 Å². The topological polar surface area (TPSA) is 99.0 Å². The van der Waals surface area contributed by atoms with Crippen molar-refractivity contribution < 1.29 is 9.21 Å². The van der Waals surface area contributed by atoms with Gasteiger partial charge in [0.1, 0.15) is 0 Å². The van der Waals surface area contributed by atoms with Crippen LogP contribution in [0.2, 0.25) is 10.0 Å². The van der Waals surface area contributed by atoms with Crippen molar-refractivity contribution in [1.82, 2.24) is 14.9 Å². The molecule has 0 fully saturated rings. The molecule has 0 aliphatic carbocycles. The molecule has 0 aliphatic heterocycles. The molecule has 2 aromatic heterocycles. The van der Waals surface area contributed by atoms with Gasteiger partial charge in [0.15, 0.2) is 5.76 Å². The summed E-state index contributed by atoms with van der Waals surface area (Å²) < 4.78 is 6.53. The van der Waals surface area contributed by atoms with Crippen molar-refractivity contribution in [3.05, 3.63) is 46.6 Å². The molecule has 2 heterocycles. The Morgan fingerprint density at radius 1 is 1.32 bits per heavy atom. The number of thioether (sulfide) groups is 1. The minimum atomic E-state index is -0.478. The van der Waals surface area contributed by atoms with Crippen molar-refractivity contribution in [3.8, 4) is 11.6 Å². The SMILES string of the molecule is C[C@H](Sc1nnc(-c2ccco2)n1N)C(=O)Nc1cc(Cl)cc(Cl)c1. The van der Waals surface area contributed by atoms with Crippen molar-refractivity contribution in [3.63, 3.8) is 0 Å². The number of anilines is 1. The second-order valence-electron chi connectivity index (χ2n) is 5.06. The Morgan fingerprint density at radius 3 is 2.68 bits per heavy atom. The summed E-state index contributed by atoms with van der Waals surface area (Å²) in [5.41, 5.74) is 0.514. The second kappa shape index (κ2) is 7.38. The summed E-state index contributed by atoms with van der Waals surface area (Å²) in [5.74, 6) is 6.60. The zero-order valence-electron chi connectivity index (χ0n) is 12.9. The third kappa shape index (κ3) is 4.09. The molecule has 1 aromatic carbocycles. The van der Waals surface area contributed by atoms with Gasteiger partial charge in [0, 0.05) is 15.7 Å². The van der Waals surface area contributed by atoms with Crippen LogP contribution in [0.4, 0.5) is 5.69 Å². The van der Waals surface area contributed by atoms with Crippen molar-refractivity contribution >= 4 is 46.6 Å². The van der Waals surface area contributed by atoms with Crippen molar-refractivity contribution in [2.45, 2.75) is 17.3 Å². The molecule has 10 heteroatoms. The van der Waals surface area contributed by atoms with Crippen LogP contribution in [0.3, 0.4) is 0 Å². The number of nitrogens with zero attached hydrogens (tertiary/aromatic N) is 3. The highest BCUT2D eigenvalue weighted by atomic mass is 35.5. The first-order valence-corrected chi connectivity index (χ1v) is 8.75. The highest BCUT2D eigenvalue weighted by Gasteiger charge is 2.21. The number of amides is 1. The van der Waals surface area contributed by atoms with E-state index in [9.17, 15) is 4.79 Å². The molecule has 1 amide bonds. The van der Waals surface area contributed by atoms with Gasteiger partial charge in [-0.05, 0) is 37.3 Å². The lowest BCUT2D eigenvalue weighted by molar-refractivity contribution is -0.115. The number of hydrogen-bond donors (Lipinski definition) is 2. The lowest BCUT2D eigenvalue weighted by atomic mass is 10.3. The smallest absolute Gasteiger partial charge is 0.237 e. The zero-order chi connectivity index (χ0) is 18.0. The van der Waals surface area contributed by atoms with Gasteiger partial charge < -0.3 is 15.6 Å². The van der Waals surface area contributed by atoms with Gasteiger partial charge in [-0.15, -0.1) is 10.2 Å². The quantitative estimate of drug-likeness (QED) is 0.503. The molecule has 130 valence electrons. The normalized spacial score (nSPS) is 12.1. The molecule has 0 bridgehead atoms. The van der Waals surface area contributed by atoms with Gasteiger partial charge in [-0.2, -0.15) is 0 Å². The van der Waals surface area contributed by atoms with E-state index in [1.165, 1.54) is 22.7 Å². The minimum Gasteiger partial charge on any atom is -0.461 e. The molecule has 0 unspecified atom stereocenters. The number of benzene rings is 1. The van der Waals surface area contributed by atoms with Crippen LogP contribution in [0.1, 0.15) is 6.92 Å². The standard InChI is InChI=1S/C15H13Cl2N5O2S/c1-8(14(23)19-11-6-9(16)5-10(17)7-11)25-15-21-20-13(22(15)18)12-3-2-4-24-12/h2-8H,18H2,1H3,(H,19,23)/t8-/m0/s1. The fraction of sp³-hybridized carbons (Fsp3) is 0.133. The average molecular weight is 398 g/mol. The maximum Gasteiger partial charge on any atom is 0.237 e. The Labute approximate surface area is 157 Å². The molecule has 3 aromatic rings. The third-order valence-corrected chi connectivity index (χ3v) is 4.68. The minimum absolute atomic E-state index is 0.245. The van der Waals surface area contributed by atoms with Gasteiger partial charge in [-0.1, -0.05) is 35.0 Å². The monoisotopic (exact) mass is 397 g/mol. The molecular formula is C15H13Cl2N5O2S. The third-order valence-electron chi connectivity index (χ3n) is 3.19. The van der Waals surface area contributed by atoms with E-state index in [1.54, 1.807) is 37.3 Å². The van der Waals surface area contributed by atoms with Gasteiger partial charge in [0.2, 0.25) is 16.9 Å². The number of nitrogens with one attached hydrogen (secondary N) is 1. The number of carbonyl (C=O) groups excluding carboxylic acids is 1. The van der Waals surface area contributed by atoms with Crippen LogP contribution in [0, 0.1) is 0 Å². The van der Waals surface area contributed by atoms with Crippen molar-refractivity contribution in [2.24, 2.45) is 0 Å². The number of nitrogens with two attached hydrogens (primary N) is 1. The number of carbonyl (C=O) groups is 1. The zero-order valence-corrected chi connectivity index (χ0v) is 15.3. The van der Waals surface area contributed by atoms with Crippen LogP contribution >= 0.6 is 35.0 Å². The van der Waals surface area contributed by atoms with Gasteiger partial charge in [-0.25, -0.2) is 4.68 Å². The molecule has 0 spiro atoms. The van der Waals surface area contributed by atoms with Crippen LogP contribution in [-0.2, 0) is 4.79 Å². The number of furan rings is 1. The number of nitrogen functional groups attached to an aromatic ring is 1. The summed E-state index contributed by atoms with van der Waals surface area (Å²) in [6, 6.07) is 8.26. The highest BCUT2D eigenvalue weighted by molar-refractivity contribution is 8.00. The number of rotatable bonds is 5. The molecule has 0 radical (unpaired) electrons. The summed E-state index contributed by atoms with van der Waals surface area (Å²) in [6.07, 6.45) is 1.52. The highest BCUT2D eigenvalue weighted by Crippen LogP contribution is 2.27. The molecule has 0 aliphatic rings. The molecule has 25 heavy (non-hydrogen) atoms. The number of hydrogen-bond acceptors (Lipinski definition) is 6. The van der Waals surface area contributed by atoms with E-state index in [1.807, 2.05) is 0 Å². The van der Waals surface area contributed by atoms with E-state index < -0.39 is 5.25 Å². The van der Waals surface area contributed by atoms with Crippen molar-refractivity contribution in [1.29, 1.82) is 0 Å². The Morgan fingerprint density at radius 2 is 2.04 bits per heavy atom. The predicted molar refractivity (Wildman–Crippen MR) is 98.3 cm³/mol. The van der Waals surface area contributed by atoms with Crippen LogP contribution in [0.25, 0.3) is 11.6 Å². The van der Waals surface area contributed by atoms with E-state index in [2.05, 4.69) is 15.5 Å². The van der Waals surface area contributed by atoms with E-state index in [-0.39, 0.29) is 5.91 Å². The molecule has 1 atom stereocenters. The lowest BCUT2D eigenvalue weighted by Gasteiger charge is -2.12. The fourth-order valence-corrected chi connectivity index (χ4v) is 3.31. The first-order valence-electron chi connectivity index (χ1n) is 7.12. The molecule has 0 saturated heterocycles. The first-order chi connectivity index (χ1) is 11.9. The molecule has 3 N–H and O–H groups in total. The predicted octanol–water partition coefficient (Wildman–Crippen LogP) is 3.68.